The minimum Gasteiger partial charge on any atom is -0.494 e. The molecule has 1 aromatic carbocycles. The van der Waals surface area contributed by atoms with E-state index in [0.29, 0.717) is 29.1 Å². The number of piperidine rings is 1. The molecule has 4 aromatic rings. The molecule has 0 radical (unpaired) electrons. The van der Waals surface area contributed by atoms with Crippen molar-refractivity contribution in [3.8, 4) is 17.3 Å². The molecule has 224 valence electrons. The number of hydrogen-bond acceptors (Lipinski definition) is 6. The third-order valence-electron chi connectivity index (χ3n) is 11.2. The van der Waals surface area contributed by atoms with Crippen LogP contribution in [0.15, 0.2) is 36.5 Å². The van der Waals surface area contributed by atoms with E-state index in [1.165, 1.54) is 19.3 Å². The first-order chi connectivity index (χ1) is 21.0. The van der Waals surface area contributed by atoms with Gasteiger partial charge in [0.1, 0.15) is 16.9 Å². The number of fused-ring (bicyclic) bond motifs is 4. The van der Waals surface area contributed by atoms with Crippen LogP contribution in [0.4, 0.5) is 0 Å². The van der Waals surface area contributed by atoms with Gasteiger partial charge < -0.3 is 29.2 Å². The van der Waals surface area contributed by atoms with Crippen molar-refractivity contribution < 1.29 is 14.3 Å². The molecule has 2 aliphatic heterocycles. The van der Waals surface area contributed by atoms with Crippen molar-refractivity contribution >= 4 is 28.0 Å². The van der Waals surface area contributed by atoms with Gasteiger partial charge >= 0.3 is 0 Å². The van der Waals surface area contributed by atoms with Crippen LogP contribution in [0.2, 0.25) is 0 Å². The number of ether oxygens (including phenoxy) is 2. The van der Waals surface area contributed by atoms with Crippen LogP contribution < -0.4 is 10.5 Å². The Morgan fingerprint density at radius 1 is 1.12 bits per heavy atom. The van der Waals surface area contributed by atoms with Crippen LogP contribution in [0.25, 0.3) is 33.6 Å². The summed E-state index contributed by atoms with van der Waals surface area (Å²) in [6, 6.07) is 10.5. The van der Waals surface area contributed by atoms with Crippen molar-refractivity contribution in [2.75, 3.05) is 20.3 Å². The van der Waals surface area contributed by atoms with Gasteiger partial charge in [-0.05, 0) is 99.5 Å². The molecule has 5 heterocycles. The van der Waals surface area contributed by atoms with Crippen LogP contribution in [-0.2, 0) is 17.8 Å². The van der Waals surface area contributed by atoms with Crippen molar-refractivity contribution in [1.82, 2.24) is 24.0 Å². The van der Waals surface area contributed by atoms with Crippen molar-refractivity contribution in [1.29, 1.82) is 0 Å². The first kappa shape index (κ1) is 26.0. The second-order valence-corrected chi connectivity index (χ2v) is 13.9. The summed E-state index contributed by atoms with van der Waals surface area (Å²) in [5, 5.41) is 1.13. The van der Waals surface area contributed by atoms with Gasteiger partial charge in [0.05, 0.1) is 23.9 Å². The molecule has 2 saturated heterocycles. The molecule has 9 heteroatoms. The number of likely N-dealkylation sites (tertiary alicyclic amines) is 1. The molecule has 2 N–H and O–H groups in total. The summed E-state index contributed by atoms with van der Waals surface area (Å²) < 4.78 is 17.0. The lowest BCUT2D eigenvalue weighted by molar-refractivity contribution is -0.0939. The largest absolute Gasteiger partial charge is 0.494 e. The predicted molar refractivity (Wildman–Crippen MR) is 164 cm³/mol. The first-order valence-corrected chi connectivity index (χ1v) is 16.2. The number of imidazole rings is 1. The summed E-state index contributed by atoms with van der Waals surface area (Å²) in [5.74, 6) is 3.24. The van der Waals surface area contributed by atoms with Gasteiger partial charge in [-0.15, -0.1) is 0 Å². The fourth-order valence-electron chi connectivity index (χ4n) is 8.80. The molecular formula is C34H40N6O3. The second-order valence-electron chi connectivity index (χ2n) is 13.9. The molecule has 43 heavy (non-hydrogen) atoms. The number of hydrogen-bond donors (Lipinski definition) is 1. The highest BCUT2D eigenvalue weighted by molar-refractivity contribution is 6.00. The maximum absolute atomic E-state index is 13.9. The summed E-state index contributed by atoms with van der Waals surface area (Å²) in [6.45, 7) is 3.40. The minimum absolute atomic E-state index is 0.0327. The molecule has 3 atom stereocenters. The fourth-order valence-corrected chi connectivity index (χ4v) is 8.80. The molecule has 2 bridgehead atoms. The Morgan fingerprint density at radius 3 is 2.70 bits per heavy atom. The fraction of sp³-hybridized carbons (Fsp3) is 0.559. The van der Waals surface area contributed by atoms with E-state index in [2.05, 4.69) is 21.3 Å². The smallest absolute Gasteiger partial charge is 0.254 e. The number of nitrogens with two attached hydrogens (primary N) is 1. The molecular weight excluding hydrogens is 540 g/mol. The third kappa shape index (κ3) is 4.07. The molecule has 1 amide bonds. The Kier molecular flexibility index (Phi) is 5.77. The minimum atomic E-state index is 0.0327. The van der Waals surface area contributed by atoms with Crippen molar-refractivity contribution in [3.05, 3.63) is 42.1 Å². The Balaban J connectivity index is 1.17. The highest BCUT2D eigenvalue weighted by Gasteiger charge is 2.48. The Morgan fingerprint density at radius 2 is 1.98 bits per heavy atom. The van der Waals surface area contributed by atoms with E-state index in [0.717, 1.165) is 91.9 Å². The van der Waals surface area contributed by atoms with Gasteiger partial charge in [-0.2, -0.15) is 0 Å². The quantitative estimate of drug-likeness (QED) is 0.331. The van der Waals surface area contributed by atoms with Crippen molar-refractivity contribution in [2.24, 2.45) is 23.5 Å². The van der Waals surface area contributed by atoms with Gasteiger partial charge in [0.2, 0.25) is 0 Å². The normalized spacial score (nSPS) is 29.8. The van der Waals surface area contributed by atoms with E-state index >= 15 is 0 Å². The maximum atomic E-state index is 13.9. The number of nitrogens with zero attached hydrogens (tertiary/aromatic N) is 5. The van der Waals surface area contributed by atoms with Gasteiger partial charge in [0.15, 0.2) is 5.82 Å². The van der Waals surface area contributed by atoms with Gasteiger partial charge in [-0.3, -0.25) is 4.79 Å². The number of amides is 1. The number of aromatic nitrogens is 4. The van der Waals surface area contributed by atoms with Crippen LogP contribution in [0.1, 0.15) is 61.7 Å². The molecule has 3 aromatic heterocycles. The van der Waals surface area contributed by atoms with Gasteiger partial charge in [0, 0.05) is 55.5 Å². The summed E-state index contributed by atoms with van der Waals surface area (Å²) in [6.07, 6.45) is 11.0. The standard InChI is InChI=1S/C34H40N6O3/c1-42-28-14-24(33(41)39-19-23-7-8-26(39)29(23)35)12-25-30(28)40(18-21-15-34(16-21)9-3-11-43-34)32(37-25)27-13-22-4-2-10-36-31(22)38(27)17-20-5-6-20/h2,4,10,12-14,20-21,23,26,29H,3,5-9,11,15-19,35H2,1H3/t21?,23-,26-,29-,34?/m1/s1. The Hall–Kier alpha value is -3.43. The van der Waals surface area contributed by atoms with Crippen LogP contribution in [-0.4, -0.2) is 67.9 Å². The van der Waals surface area contributed by atoms with E-state index in [1.807, 2.05) is 29.3 Å². The average molecular weight is 581 g/mol. The number of carbonyl (C=O) groups excluding carboxylic acids is 1. The Labute approximate surface area is 251 Å². The van der Waals surface area contributed by atoms with Gasteiger partial charge in [0.25, 0.3) is 5.91 Å². The number of rotatable bonds is 7. The maximum Gasteiger partial charge on any atom is 0.254 e. The monoisotopic (exact) mass is 580 g/mol. The van der Waals surface area contributed by atoms with Crippen molar-refractivity contribution in [2.45, 2.75) is 82.1 Å². The average Bonchev–Trinajstić information content (AvgIpc) is 3.35. The zero-order valence-electron chi connectivity index (χ0n) is 24.9. The molecule has 0 unspecified atom stereocenters. The molecule has 9 rings (SSSR count). The third-order valence-corrected chi connectivity index (χ3v) is 11.2. The summed E-state index contributed by atoms with van der Waals surface area (Å²) in [4.78, 5) is 26.0. The lowest BCUT2D eigenvalue weighted by atomic mass is 9.69. The topological polar surface area (TPSA) is 100 Å². The molecule has 3 aliphatic carbocycles. The van der Waals surface area contributed by atoms with E-state index in [4.69, 9.17) is 25.2 Å². The molecule has 1 spiro atoms. The Bertz CT molecular complexity index is 1740. The predicted octanol–water partition coefficient (Wildman–Crippen LogP) is 4.99. The van der Waals surface area contributed by atoms with Crippen LogP contribution in [0, 0.1) is 17.8 Å². The van der Waals surface area contributed by atoms with Crippen molar-refractivity contribution in [3.63, 3.8) is 0 Å². The van der Waals surface area contributed by atoms with E-state index in [9.17, 15) is 4.79 Å². The number of methoxy groups -OCH3 is 1. The zero-order chi connectivity index (χ0) is 28.9. The van der Waals surface area contributed by atoms with Gasteiger partial charge in [-0.25, -0.2) is 9.97 Å². The summed E-state index contributed by atoms with van der Waals surface area (Å²) in [5.41, 5.74) is 11.0. The highest BCUT2D eigenvalue weighted by Crippen LogP contribution is 2.49. The molecule has 5 aliphatic rings. The molecule has 5 fully saturated rings. The summed E-state index contributed by atoms with van der Waals surface area (Å²) >= 11 is 0. The lowest BCUT2D eigenvalue weighted by Crippen LogP contribution is -2.44. The second kappa shape index (κ2) is 9.53. The number of benzene rings is 1. The number of carbonyl (C=O) groups is 1. The van der Waals surface area contributed by atoms with E-state index in [-0.39, 0.29) is 23.6 Å². The molecule has 9 nitrogen and oxygen atoms in total. The van der Waals surface area contributed by atoms with Crippen LogP contribution in [0.5, 0.6) is 5.75 Å². The number of pyridine rings is 1. The first-order valence-electron chi connectivity index (χ1n) is 16.2. The molecule has 3 saturated carbocycles. The SMILES string of the molecule is COc1cc(C(=O)N2C[C@H]3CC[C@@H]2[C@@H]3N)cc2nc(-c3cc4cccnc4n3CC3CC3)n(CC3CC4(CCCO4)C3)c12. The van der Waals surface area contributed by atoms with E-state index < -0.39 is 0 Å². The van der Waals surface area contributed by atoms with Crippen LogP contribution in [0.3, 0.4) is 0 Å². The summed E-state index contributed by atoms with van der Waals surface area (Å²) in [7, 11) is 1.70. The van der Waals surface area contributed by atoms with E-state index in [1.54, 1.807) is 7.11 Å². The van der Waals surface area contributed by atoms with Gasteiger partial charge in [-0.1, -0.05) is 0 Å². The highest BCUT2D eigenvalue weighted by atomic mass is 16.5. The zero-order valence-corrected chi connectivity index (χ0v) is 24.9. The lowest BCUT2D eigenvalue weighted by Gasteiger charge is -2.44. The van der Waals surface area contributed by atoms with Crippen LogP contribution >= 0.6 is 0 Å².